The zero-order valence-electron chi connectivity index (χ0n) is 34.3. The second-order valence-corrected chi connectivity index (χ2v) is 16.2. The molecule has 0 aliphatic rings. The minimum Gasteiger partial charge on any atom is -0.456 e. The number of aliphatic imine (C=N–C) groups is 2. The number of rotatable bonds is 6. The smallest absolute Gasteiger partial charge is 0.157 e. The summed E-state index contributed by atoms with van der Waals surface area (Å²) in [5.41, 5.74) is 19.8. The molecule has 0 saturated heterocycles. The molecule has 64 heavy (non-hydrogen) atoms. The summed E-state index contributed by atoms with van der Waals surface area (Å²) < 4.78 is 21.8. The summed E-state index contributed by atoms with van der Waals surface area (Å²) in [5, 5.41) is 8.37. The molecule has 13 rings (SSSR count). The lowest BCUT2D eigenvalue weighted by Crippen LogP contribution is -2.17. The van der Waals surface area contributed by atoms with Gasteiger partial charge in [-0.1, -0.05) is 127 Å². The van der Waals surface area contributed by atoms with Gasteiger partial charge in [-0.2, -0.15) is 0 Å². The molecule has 7 heteroatoms. The van der Waals surface area contributed by atoms with E-state index in [0.717, 1.165) is 105 Å². The van der Waals surface area contributed by atoms with Crippen LogP contribution in [0.1, 0.15) is 16.7 Å². The largest absolute Gasteiger partial charge is 0.456 e. The lowest BCUT2D eigenvalue weighted by molar-refractivity contribution is 0.668. The predicted molar refractivity (Wildman–Crippen MR) is 262 cm³/mol. The highest BCUT2D eigenvalue weighted by Gasteiger charge is 2.23. The Hall–Kier alpha value is -8.68. The third kappa shape index (κ3) is 5.61. The van der Waals surface area contributed by atoms with Crippen molar-refractivity contribution >= 4 is 99.3 Å². The summed E-state index contributed by atoms with van der Waals surface area (Å²) in [6, 6.07) is 66.5. The highest BCUT2D eigenvalue weighted by molar-refractivity contribution is 6.23. The first-order valence-corrected chi connectivity index (χ1v) is 21.4. The summed E-state index contributed by atoms with van der Waals surface area (Å²) in [4.78, 5) is 10.2. The fourth-order valence-corrected chi connectivity index (χ4v) is 9.64. The average Bonchev–Trinajstić information content (AvgIpc) is 4.11. The van der Waals surface area contributed by atoms with E-state index < -0.39 is 0 Å². The van der Waals surface area contributed by atoms with Gasteiger partial charge in [0.15, 0.2) is 5.84 Å². The number of hydrogen-bond acceptors (Lipinski definition) is 4. The van der Waals surface area contributed by atoms with Crippen LogP contribution in [0.4, 0.5) is 0 Å². The molecule has 0 bridgehead atoms. The maximum atomic E-state index is 7.15. The number of amidine groups is 2. The summed E-state index contributed by atoms with van der Waals surface area (Å²) in [5.74, 6) is 0.827. The van der Waals surface area contributed by atoms with Crippen molar-refractivity contribution in [3.05, 3.63) is 211 Å². The molecule has 0 unspecified atom stereocenters. The van der Waals surface area contributed by atoms with Crippen molar-refractivity contribution in [1.82, 2.24) is 4.57 Å². The highest BCUT2D eigenvalue weighted by Crippen LogP contribution is 2.45. The maximum absolute atomic E-state index is 7.15. The topological polar surface area (TPSA) is 95.1 Å². The van der Waals surface area contributed by atoms with E-state index in [-0.39, 0.29) is 0 Å². The van der Waals surface area contributed by atoms with E-state index in [1.54, 1.807) is 0 Å². The maximum Gasteiger partial charge on any atom is 0.157 e. The highest BCUT2D eigenvalue weighted by atomic mass is 16.3. The average molecular weight is 825 g/mol. The van der Waals surface area contributed by atoms with Crippen LogP contribution in [0, 0.1) is 0 Å². The van der Waals surface area contributed by atoms with Gasteiger partial charge in [0.1, 0.15) is 39.3 Å². The number of para-hydroxylation sites is 4. The van der Waals surface area contributed by atoms with E-state index in [1.165, 1.54) is 10.8 Å². The lowest BCUT2D eigenvalue weighted by Gasteiger charge is -2.16. The third-order valence-corrected chi connectivity index (χ3v) is 12.5. The van der Waals surface area contributed by atoms with Crippen molar-refractivity contribution in [2.75, 3.05) is 0 Å². The predicted octanol–water partition coefficient (Wildman–Crippen LogP) is 14.5. The molecule has 0 fully saturated rings. The lowest BCUT2D eigenvalue weighted by atomic mass is 9.95. The Balaban J connectivity index is 1.02. The molecule has 0 aliphatic carbocycles. The Morgan fingerprint density at radius 3 is 1.83 bits per heavy atom. The van der Waals surface area contributed by atoms with E-state index in [4.69, 9.17) is 29.0 Å². The van der Waals surface area contributed by atoms with Gasteiger partial charge in [0.05, 0.1) is 23.3 Å². The number of benzene rings is 9. The van der Waals surface area contributed by atoms with E-state index in [2.05, 4.69) is 120 Å². The Labute approximate surface area is 365 Å². The van der Waals surface area contributed by atoms with Crippen LogP contribution in [0.15, 0.2) is 217 Å². The third-order valence-electron chi connectivity index (χ3n) is 12.5. The van der Waals surface area contributed by atoms with Crippen molar-refractivity contribution < 1.29 is 13.3 Å². The normalized spacial score (nSPS) is 12.7. The number of nitrogens with two attached hydrogens (primary N) is 1. The van der Waals surface area contributed by atoms with Crippen LogP contribution in [0.5, 0.6) is 0 Å². The van der Waals surface area contributed by atoms with Crippen molar-refractivity contribution in [2.45, 2.75) is 6.54 Å². The Bertz CT molecular complexity index is 4020. The molecule has 302 valence electrons. The second-order valence-electron chi connectivity index (χ2n) is 16.2. The molecule has 0 saturated carbocycles. The number of fused-ring (bicyclic) bond motifs is 12. The number of furan rings is 3. The second kappa shape index (κ2) is 14.2. The van der Waals surface area contributed by atoms with Gasteiger partial charge >= 0.3 is 0 Å². The molecule has 4 heterocycles. The Morgan fingerprint density at radius 1 is 0.453 bits per heavy atom. The molecule has 0 spiro atoms. The van der Waals surface area contributed by atoms with Crippen LogP contribution >= 0.6 is 0 Å². The molecule has 4 aromatic heterocycles. The van der Waals surface area contributed by atoms with Gasteiger partial charge in [-0.25, -0.2) is 4.99 Å². The van der Waals surface area contributed by atoms with Crippen molar-refractivity contribution in [1.29, 1.82) is 0 Å². The van der Waals surface area contributed by atoms with Gasteiger partial charge in [-0.05, 0) is 77.9 Å². The summed E-state index contributed by atoms with van der Waals surface area (Å²) in [7, 11) is 0. The van der Waals surface area contributed by atoms with Gasteiger partial charge < -0.3 is 23.6 Å². The van der Waals surface area contributed by atoms with Crippen molar-refractivity contribution in [3.8, 4) is 16.8 Å². The van der Waals surface area contributed by atoms with Crippen LogP contribution in [0.25, 0.3) is 104 Å². The molecule has 0 radical (unpaired) electrons. The number of hydrogen-bond donors (Lipinski definition) is 1. The van der Waals surface area contributed by atoms with Crippen LogP contribution in [-0.2, 0) is 6.54 Å². The van der Waals surface area contributed by atoms with Crippen LogP contribution < -0.4 is 5.73 Å². The molecule has 2 N–H and O–H groups in total. The summed E-state index contributed by atoms with van der Waals surface area (Å²) >= 11 is 0. The molecule has 13 aromatic rings. The van der Waals surface area contributed by atoms with E-state index in [9.17, 15) is 0 Å². The first-order chi connectivity index (χ1) is 31.6. The number of nitrogens with zero attached hydrogens (tertiary/aromatic N) is 3. The first-order valence-electron chi connectivity index (χ1n) is 21.4. The minimum atomic E-state index is 0.323. The van der Waals surface area contributed by atoms with Crippen molar-refractivity contribution in [2.24, 2.45) is 15.7 Å². The summed E-state index contributed by atoms with van der Waals surface area (Å²) in [6.45, 7) is 0.426. The van der Waals surface area contributed by atoms with E-state index in [1.807, 2.05) is 78.9 Å². The fraction of sp³-hybridized carbons (Fsp3) is 0.0175. The number of aromatic nitrogens is 1. The van der Waals surface area contributed by atoms with Crippen LogP contribution in [-0.4, -0.2) is 16.2 Å². The van der Waals surface area contributed by atoms with Gasteiger partial charge in [0, 0.05) is 59.8 Å². The Kier molecular flexibility index (Phi) is 7.99. The zero-order valence-corrected chi connectivity index (χ0v) is 34.3. The molecule has 0 atom stereocenters. The minimum absolute atomic E-state index is 0.323. The molecule has 9 aromatic carbocycles. The van der Waals surface area contributed by atoms with Gasteiger partial charge in [0.2, 0.25) is 0 Å². The van der Waals surface area contributed by atoms with Gasteiger partial charge in [-0.3, -0.25) is 4.99 Å². The zero-order chi connectivity index (χ0) is 42.3. The quantitative estimate of drug-likeness (QED) is 0.133. The van der Waals surface area contributed by atoms with Crippen LogP contribution in [0.3, 0.4) is 0 Å². The van der Waals surface area contributed by atoms with Crippen molar-refractivity contribution in [3.63, 3.8) is 0 Å². The van der Waals surface area contributed by atoms with E-state index >= 15 is 0 Å². The summed E-state index contributed by atoms with van der Waals surface area (Å²) in [6.07, 6.45) is 0. The fourth-order valence-electron chi connectivity index (χ4n) is 9.64. The molecular formula is C57H36N4O3. The monoisotopic (exact) mass is 824 g/mol. The SMILES string of the molecule is NC(=NC(=NCc1ccccc1)c1ccc2c(c1)oc1ccccc12)c1cccc2oc3ccc(-c4c(-n5c6ccccc6c6ccccc65)ccc5oc6ccccc6c45)cc3c12. The standard InChI is InChI=1S/C57H36N4O3/c58-56(60-57(59-33-34-13-2-1-3-14-34)36-25-27-40-39-17-6-10-22-47(39)64-52(40)32-36)42-19-12-24-50-54(42)43-31-35(26-29-49(43)63-50)53-46(28-30-51-55(53)41-18-7-11-23-48(41)62-51)61-44-20-8-4-15-37(44)38-16-5-9-21-45(38)61/h1-32H,33H2,(H2,58,59,60). The molecule has 7 nitrogen and oxygen atoms in total. The van der Waals surface area contributed by atoms with Gasteiger partial charge in [-0.15, -0.1) is 0 Å². The first kappa shape index (κ1) is 36.0. The van der Waals surface area contributed by atoms with E-state index in [0.29, 0.717) is 23.8 Å². The van der Waals surface area contributed by atoms with Crippen LogP contribution in [0.2, 0.25) is 0 Å². The Morgan fingerprint density at radius 2 is 1.05 bits per heavy atom. The van der Waals surface area contributed by atoms with Gasteiger partial charge in [0.25, 0.3) is 0 Å². The molecule has 0 aliphatic heterocycles. The molecular weight excluding hydrogens is 789 g/mol. The molecule has 0 amide bonds.